The number of carbonyl (C=O) groups is 2. The van der Waals surface area contributed by atoms with Gasteiger partial charge in [-0.15, -0.1) is 0 Å². The van der Waals surface area contributed by atoms with Crippen LogP contribution < -0.4 is 10.6 Å². The van der Waals surface area contributed by atoms with Crippen molar-refractivity contribution in [3.05, 3.63) is 47.0 Å². The van der Waals surface area contributed by atoms with Crippen LogP contribution in [0, 0.1) is 5.92 Å². The maximum Gasteiger partial charge on any atom is 0.255 e. The quantitative estimate of drug-likeness (QED) is 0.551. The van der Waals surface area contributed by atoms with E-state index in [0.717, 1.165) is 0 Å². The van der Waals surface area contributed by atoms with Crippen LogP contribution in [0.3, 0.4) is 0 Å². The van der Waals surface area contributed by atoms with Crippen molar-refractivity contribution in [1.29, 1.82) is 0 Å². The Morgan fingerprint density at radius 1 is 1.12 bits per heavy atom. The molecule has 0 atom stereocenters. The van der Waals surface area contributed by atoms with Crippen molar-refractivity contribution in [3.63, 3.8) is 0 Å². The number of phenolic OH excluding ortho intramolecular Hbond substituents is 1. The molecule has 0 unspecified atom stereocenters. The topological polar surface area (TPSA) is 90.8 Å². The molecule has 0 aromatic heterocycles. The first-order chi connectivity index (χ1) is 11.8. The van der Waals surface area contributed by atoms with Crippen LogP contribution in [0.2, 0.25) is 5.02 Å². The van der Waals surface area contributed by atoms with Crippen LogP contribution in [0.15, 0.2) is 41.4 Å². The first-order valence-electron chi connectivity index (χ1n) is 7.53. The summed E-state index contributed by atoms with van der Waals surface area (Å²) in [6.45, 7) is 6.89. The molecule has 2 aromatic rings. The van der Waals surface area contributed by atoms with Gasteiger partial charge in [-0.2, -0.15) is 0 Å². The molecule has 0 heterocycles. The molecular weight excluding hydrogens is 342 g/mol. The highest BCUT2D eigenvalue weighted by Gasteiger charge is 2.15. The zero-order valence-electron chi connectivity index (χ0n) is 13.8. The number of benzene rings is 2. The molecule has 0 spiro atoms. The van der Waals surface area contributed by atoms with E-state index in [4.69, 9.17) is 11.6 Å². The molecule has 130 valence electrons. The molecule has 0 aliphatic rings. The average Bonchev–Trinajstić information content (AvgIpc) is 2.59. The minimum absolute atomic E-state index is 0.142. The van der Waals surface area contributed by atoms with Gasteiger partial charge in [-0.1, -0.05) is 25.4 Å². The molecule has 0 radical (unpaired) electrons. The Balaban J connectivity index is 2.19. The van der Waals surface area contributed by atoms with Crippen LogP contribution in [0.1, 0.15) is 24.2 Å². The molecule has 7 heteroatoms. The monoisotopic (exact) mass is 359 g/mol. The first kappa shape index (κ1) is 18.5. The van der Waals surface area contributed by atoms with Gasteiger partial charge in [-0.3, -0.25) is 14.6 Å². The molecule has 2 rings (SSSR count). The Morgan fingerprint density at radius 2 is 1.76 bits per heavy atom. The van der Waals surface area contributed by atoms with Gasteiger partial charge in [0.05, 0.1) is 22.1 Å². The third kappa shape index (κ3) is 4.58. The van der Waals surface area contributed by atoms with Crippen LogP contribution in [-0.4, -0.2) is 23.6 Å². The molecule has 0 saturated carbocycles. The summed E-state index contributed by atoms with van der Waals surface area (Å²) < 4.78 is 0. The zero-order valence-corrected chi connectivity index (χ0v) is 14.6. The van der Waals surface area contributed by atoms with Gasteiger partial charge in [-0.25, -0.2) is 0 Å². The van der Waals surface area contributed by atoms with Gasteiger partial charge in [0.25, 0.3) is 5.91 Å². The highest BCUT2D eigenvalue weighted by Crippen LogP contribution is 2.34. The van der Waals surface area contributed by atoms with Crippen LogP contribution in [0.25, 0.3) is 0 Å². The molecule has 0 fully saturated rings. The summed E-state index contributed by atoms with van der Waals surface area (Å²) in [5.74, 6) is -1.08. The summed E-state index contributed by atoms with van der Waals surface area (Å²) in [7, 11) is 0. The number of phenols is 1. The van der Waals surface area contributed by atoms with Crippen molar-refractivity contribution < 1.29 is 14.7 Å². The minimum Gasteiger partial charge on any atom is -0.506 e. The second kappa shape index (κ2) is 7.81. The van der Waals surface area contributed by atoms with Gasteiger partial charge in [0.2, 0.25) is 5.91 Å². The van der Waals surface area contributed by atoms with E-state index < -0.39 is 5.91 Å². The van der Waals surface area contributed by atoms with Crippen molar-refractivity contribution in [3.8, 4) is 5.75 Å². The third-order valence-electron chi connectivity index (χ3n) is 3.43. The Bertz CT molecular complexity index is 817. The fourth-order valence-electron chi connectivity index (χ4n) is 1.95. The largest absolute Gasteiger partial charge is 0.506 e. The second-order valence-corrected chi connectivity index (χ2v) is 6.06. The number of amides is 2. The highest BCUT2D eigenvalue weighted by molar-refractivity contribution is 6.34. The Hall–Kier alpha value is -2.86. The summed E-state index contributed by atoms with van der Waals surface area (Å²) in [6, 6.07) is 9.16. The van der Waals surface area contributed by atoms with Gasteiger partial charge in [0.15, 0.2) is 0 Å². The minimum atomic E-state index is -0.416. The van der Waals surface area contributed by atoms with Gasteiger partial charge < -0.3 is 15.7 Å². The fourth-order valence-corrected chi connectivity index (χ4v) is 2.16. The highest BCUT2D eigenvalue weighted by atomic mass is 35.5. The van der Waals surface area contributed by atoms with Gasteiger partial charge in [0.1, 0.15) is 5.75 Å². The zero-order chi connectivity index (χ0) is 18.6. The van der Waals surface area contributed by atoms with Crippen molar-refractivity contribution >= 4 is 47.2 Å². The maximum absolute atomic E-state index is 12.2. The predicted molar refractivity (Wildman–Crippen MR) is 100 cm³/mol. The number of aromatic hydroxyl groups is 1. The maximum atomic E-state index is 12.2. The lowest BCUT2D eigenvalue weighted by Crippen LogP contribution is -2.18. The number of carbonyl (C=O) groups excluding carboxylic acids is 2. The van der Waals surface area contributed by atoms with E-state index in [0.29, 0.717) is 11.3 Å². The van der Waals surface area contributed by atoms with Crippen LogP contribution in [0.5, 0.6) is 5.75 Å². The second-order valence-electron chi connectivity index (χ2n) is 5.65. The van der Waals surface area contributed by atoms with E-state index in [9.17, 15) is 14.7 Å². The van der Waals surface area contributed by atoms with E-state index in [1.54, 1.807) is 38.1 Å². The Morgan fingerprint density at radius 3 is 2.32 bits per heavy atom. The van der Waals surface area contributed by atoms with Crippen molar-refractivity contribution in [1.82, 2.24) is 0 Å². The molecule has 2 amide bonds. The molecule has 6 nitrogen and oxygen atoms in total. The molecule has 25 heavy (non-hydrogen) atoms. The summed E-state index contributed by atoms with van der Waals surface area (Å²) in [4.78, 5) is 27.7. The number of halogens is 1. The van der Waals surface area contributed by atoms with Crippen molar-refractivity contribution in [2.24, 2.45) is 10.9 Å². The molecule has 3 N–H and O–H groups in total. The number of anilines is 2. The van der Waals surface area contributed by atoms with Gasteiger partial charge in [-0.05, 0) is 37.0 Å². The van der Waals surface area contributed by atoms with E-state index in [1.807, 2.05) is 0 Å². The number of rotatable bonds is 5. The normalized spacial score (nSPS) is 10.4. The molecule has 0 aliphatic heterocycles. The van der Waals surface area contributed by atoms with Gasteiger partial charge in [0, 0.05) is 17.5 Å². The fraction of sp³-hybridized carbons (Fsp3) is 0.167. The van der Waals surface area contributed by atoms with E-state index in [1.165, 1.54) is 12.1 Å². The molecule has 0 saturated heterocycles. The van der Waals surface area contributed by atoms with Gasteiger partial charge >= 0.3 is 0 Å². The number of nitrogens with one attached hydrogen (secondary N) is 2. The van der Waals surface area contributed by atoms with Crippen LogP contribution in [0.4, 0.5) is 17.1 Å². The lowest BCUT2D eigenvalue weighted by atomic mass is 10.1. The summed E-state index contributed by atoms with van der Waals surface area (Å²) in [6.07, 6.45) is 0. The Labute approximate surface area is 150 Å². The molecule has 0 aliphatic carbocycles. The van der Waals surface area contributed by atoms with Crippen molar-refractivity contribution in [2.45, 2.75) is 13.8 Å². The summed E-state index contributed by atoms with van der Waals surface area (Å²) in [5.41, 5.74) is 1.45. The van der Waals surface area contributed by atoms with Crippen LogP contribution in [-0.2, 0) is 4.79 Å². The lowest BCUT2D eigenvalue weighted by molar-refractivity contribution is -0.118. The van der Waals surface area contributed by atoms with Crippen molar-refractivity contribution in [2.75, 3.05) is 10.6 Å². The third-order valence-corrected chi connectivity index (χ3v) is 3.74. The Kier molecular flexibility index (Phi) is 5.77. The number of aliphatic imine (C=N–C) groups is 1. The summed E-state index contributed by atoms with van der Waals surface area (Å²) >= 11 is 6.12. The number of hydrogen-bond acceptors (Lipinski definition) is 4. The van der Waals surface area contributed by atoms with E-state index in [2.05, 4.69) is 22.3 Å². The smallest absolute Gasteiger partial charge is 0.255 e. The molecule has 0 bridgehead atoms. The van der Waals surface area contributed by atoms with E-state index >= 15 is 0 Å². The lowest BCUT2D eigenvalue weighted by Gasteiger charge is -2.13. The standard InChI is InChI=1S/C18H18ClN3O3/c1-10(2)17(24)21-14-9-16(23)15(8-13(14)19)22-18(25)11-4-6-12(20-3)7-5-11/h4-10,23H,3H2,1-2H3,(H,21,24)(H,22,25). The molecular formula is C18H18ClN3O3. The van der Waals surface area contributed by atoms with E-state index in [-0.39, 0.29) is 34.0 Å². The number of nitrogens with zero attached hydrogens (tertiary/aromatic N) is 1. The summed E-state index contributed by atoms with van der Waals surface area (Å²) in [5, 5.41) is 15.5. The first-order valence-corrected chi connectivity index (χ1v) is 7.91. The number of hydrogen-bond donors (Lipinski definition) is 3. The average molecular weight is 360 g/mol. The molecule has 2 aromatic carbocycles. The van der Waals surface area contributed by atoms with Crippen LogP contribution >= 0.6 is 11.6 Å². The SMILES string of the molecule is C=Nc1ccc(C(=O)Nc2cc(Cl)c(NC(=O)C(C)C)cc2O)cc1. The predicted octanol–water partition coefficient (Wildman–Crippen LogP) is 4.22.